The predicted octanol–water partition coefficient (Wildman–Crippen LogP) is 3.90. The monoisotopic (exact) mass is 534 g/mol. The number of aromatic nitrogens is 2. The van der Waals surface area contributed by atoms with Crippen molar-refractivity contribution in [1.82, 2.24) is 14.5 Å². The third-order valence-corrected chi connectivity index (χ3v) is 6.80. The van der Waals surface area contributed by atoms with Crippen molar-refractivity contribution < 1.29 is 13.2 Å². The molecule has 1 unspecified atom stereocenters. The average molecular weight is 535 g/mol. The number of allylic oxidation sites excluding steroid dienone is 1. The van der Waals surface area contributed by atoms with E-state index in [9.17, 15) is 13.2 Å². The van der Waals surface area contributed by atoms with Gasteiger partial charge in [-0.15, -0.1) is 5.10 Å². The predicted molar refractivity (Wildman–Crippen MR) is 147 cm³/mol. The van der Waals surface area contributed by atoms with Crippen LogP contribution in [0.5, 0.6) is 0 Å². The van der Waals surface area contributed by atoms with Gasteiger partial charge in [0.25, 0.3) is 0 Å². The van der Waals surface area contributed by atoms with E-state index in [-0.39, 0.29) is 11.6 Å². The fraction of sp³-hybridized carbons (Fsp3) is 0.296. The molecule has 0 amide bonds. The van der Waals surface area contributed by atoms with E-state index in [1.165, 1.54) is 18.3 Å². The quantitative estimate of drug-likeness (QED) is 0.280. The zero-order chi connectivity index (χ0) is 27.1. The number of aliphatic imine (C=N–C) groups is 1. The molecule has 0 aliphatic heterocycles. The van der Waals surface area contributed by atoms with Crippen LogP contribution in [0.3, 0.4) is 0 Å². The van der Waals surface area contributed by atoms with E-state index in [2.05, 4.69) is 15.0 Å². The molecule has 0 radical (unpaired) electrons. The molecule has 0 bridgehead atoms. The first kappa shape index (κ1) is 27.2. The summed E-state index contributed by atoms with van der Waals surface area (Å²) in [5, 5.41) is 17.3. The van der Waals surface area contributed by atoms with Gasteiger partial charge in [0, 0.05) is 60.5 Å². The van der Waals surface area contributed by atoms with E-state index in [0.717, 1.165) is 32.2 Å². The Hall–Kier alpha value is -3.85. The molecule has 11 heteroatoms. The summed E-state index contributed by atoms with van der Waals surface area (Å²) in [7, 11) is 1.59. The molecule has 3 aromatic rings. The van der Waals surface area contributed by atoms with Crippen molar-refractivity contribution in [2.24, 2.45) is 16.6 Å². The number of benzene rings is 2. The number of nitriles is 1. The molecular formula is C27H29FN7O2S-. The standard InChI is InChI=1S/C27H30FN7O2S/c1-31-16-22(17-33-38(36)37)19-5-3-7-24(11-19)35-26(20-8-9-21(14-29)25(28)12-20)13-27(34-35)32-15-18-4-2-6-23(30)10-18/h3,5,7-9,11-13,16-18,23,33H,2,4,6,10,15,30H2,1H3,(H,32,34)(H,36,37)/p-1/b22-17+,31-16?/t18-,23-/m0/s1. The van der Waals surface area contributed by atoms with Gasteiger partial charge in [-0.25, -0.2) is 9.07 Å². The van der Waals surface area contributed by atoms with Gasteiger partial charge in [-0.1, -0.05) is 24.6 Å². The lowest BCUT2D eigenvalue weighted by Gasteiger charge is -2.26. The van der Waals surface area contributed by atoms with Crippen molar-refractivity contribution in [1.29, 1.82) is 5.26 Å². The summed E-state index contributed by atoms with van der Waals surface area (Å²) in [5.74, 6) is 0.463. The molecule has 3 atom stereocenters. The van der Waals surface area contributed by atoms with E-state index in [1.54, 1.807) is 24.0 Å². The highest BCUT2D eigenvalue weighted by molar-refractivity contribution is 7.77. The van der Waals surface area contributed by atoms with Crippen LogP contribution < -0.4 is 15.8 Å². The van der Waals surface area contributed by atoms with Crippen LogP contribution in [0.15, 0.2) is 59.7 Å². The topological polar surface area (TPSA) is 144 Å². The lowest BCUT2D eigenvalue weighted by molar-refractivity contribution is 0.335. The zero-order valence-corrected chi connectivity index (χ0v) is 21.7. The van der Waals surface area contributed by atoms with Crippen molar-refractivity contribution in [3.8, 4) is 23.0 Å². The summed E-state index contributed by atoms with van der Waals surface area (Å²) in [6.45, 7) is 0.726. The van der Waals surface area contributed by atoms with Gasteiger partial charge in [-0.2, -0.15) is 5.26 Å². The smallest absolute Gasteiger partial charge is 0.149 e. The first-order chi connectivity index (χ1) is 18.4. The highest BCUT2D eigenvalue weighted by atomic mass is 32.2. The molecule has 4 N–H and O–H groups in total. The summed E-state index contributed by atoms with van der Waals surface area (Å²) in [6, 6.07) is 15.7. The molecule has 9 nitrogen and oxygen atoms in total. The lowest BCUT2D eigenvalue weighted by Crippen LogP contribution is -2.31. The zero-order valence-electron chi connectivity index (χ0n) is 20.9. The highest BCUT2D eigenvalue weighted by Gasteiger charge is 2.20. The number of hydrogen-bond acceptors (Lipinski definition) is 7. The maximum absolute atomic E-state index is 14.6. The van der Waals surface area contributed by atoms with E-state index >= 15 is 0 Å². The highest BCUT2D eigenvalue weighted by Crippen LogP contribution is 2.30. The molecule has 1 heterocycles. The normalized spacial score (nSPS) is 18.8. The van der Waals surface area contributed by atoms with Gasteiger partial charge < -0.3 is 20.3 Å². The van der Waals surface area contributed by atoms with Crippen LogP contribution in [0.25, 0.3) is 22.5 Å². The van der Waals surface area contributed by atoms with Gasteiger partial charge in [0.15, 0.2) is 0 Å². The first-order valence-electron chi connectivity index (χ1n) is 12.3. The number of hydrogen-bond donors (Lipinski definition) is 3. The SMILES string of the molecule is CN=C/C(=C\NS(=O)[O-])c1cccc(-n2nc(NC[C@H]3CCC[C@H](N)C3)cc2-c2ccc(C#N)c(F)c2)c1. The third kappa shape index (κ3) is 6.72. The Morgan fingerprint density at radius 1 is 1.34 bits per heavy atom. The number of anilines is 1. The van der Waals surface area contributed by atoms with Gasteiger partial charge in [0.05, 0.1) is 16.9 Å². The molecular weight excluding hydrogens is 505 g/mol. The van der Waals surface area contributed by atoms with Crippen LogP contribution in [0.2, 0.25) is 0 Å². The fourth-order valence-corrected chi connectivity index (χ4v) is 4.89. The van der Waals surface area contributed by atoms with E-state index in [0.29, 0.717) is 39.8 Å². The second-order valence-corrected chi connectivity index (χ2v) is 9.90. The van der Waals surface area contributed by atoms with E-state index in [1.807, 2.05) is 36.4 Å². The summed E-state index contributed by atoms with van der Waals surface area (Å²) in [6.07, 6.45) is 7.11. The Morgan fingerprint density at radius 2 is 2.18 bits per heavy atom. The summed E-state index contributed by atoms with van der Waals surface area (Å²) < 4.78 is 40.5. The van der Waals surface area contributed by atoms with E-state index < -0.39 is 17.1 Å². The van der Waals surface area contributed by atoms with E-state index in [4.69, 9.17) is 16.1 Å². The molecule has 1 aromatic heterocycles. The Morgan fingerprint density at radius 3 is 2.89 bits per heavy atom. The molecule has 4 rings (SSSR count). The maximum atomic E-state index is 14.6. The van der Waals surface area contributed by atoms with Crippen LogP contribution >= 0.6 is 0 Å². The fourth-order valence-electron chi connectivity index (χ4n) is 4.66. The van der Waals surface area contributed by atoms with Gasteiger partial charge >= 0.3 is 0 Å². The Kier molecular flexibility index (Phi) is 9.02. The summed E-state index contributed by atoms with van der Waals surface area (Å²) in [4.78, 5) is 4.02. The second-order valence-electron chi connectivity index (χ2n) is 9.20. The number of nitrogens with one attached hydrogen (secondary N) is 2. The summed E-state index contributed by atoms with van der Waals surface area (Å²) in [5.41, 5.74) is 9.22. The molecule has 1 fully saturated rings. The number of nitrogens with zero attached hydrogens (tertiary/aromatic N) is 4. The molecule has 1 saturated carbocycles. The maximum Gasteiger partial charge on any atom is 0.149 e. The average Bonchev–Trinajstić information content (AvgIpc) is 3.34. The van der Waals surface area contributed by atoms with Crippen molar-refractivity contribution in [2.45, 2.75) is 31.7 Å². The van der Waals surface area contributed by atoms with Gasteiger partial charge in [0.2, 0.25) is 0 Å². The molecule has 1 aliphatic rings. The minimum atomic E-state index is -2.47. The third-order valence-electron chi connectivity index (χ3n) is 6.49. The Labute approximate surface area is 223 Å². The van der Waals surface area contributed by atoms with Gasteiger partial charge in [-0.3, -0.25) is 9.20 Å². The minimum Gasteiger partial charge on any atom is -0.755 e. The van der Waals surface area contributed by atoms with Crippen LogP contribution in [-0.4, -0.2) is 44.4 Å². The minimum absolute atomic E-state index is 0.0364. The molecule has 198 valence electrons. The molecule has 0 saturated heterocycles. The van der Waals surface area contributed by atoms with Gasteiger partial charge in [-0.05, 0) is 55.0 Å². The lowest BCUT2D eigenvalue weighted by atomic mass is 9.86. The Balaban J connectivity index is 1.73. The number of rotatable bonds is 9. The largest absolute Gasteiger partial charge is 0.755 e. The van der Waals surface area contributed by atoms with Crippen molar-refractivity contribution in [2.75, 3.05) is 18.9 Å². The van der Waals surface area contributed by atoms with Crippen molar-refractivity contribution >= 4 is 28.9 Å². The number of halogens is 1. The molecule has 0 spiro atoms. The van der Waals surface area contributed by atoms with Gasteiger partial charge in [0.1, 0.15) is 17.7 Å². The van der Waals surface area contributed by atoms with Crippen LogP contribution in [0.4, 0.5) is 10.2 Å². The van der Waals surface area contributed by atoms with Crippen LogP contribution in [-0.2, 0) is 11.3 Å². The Bertz CT molecular complexity index is 1410. The number of nitrogens with two attached hydrogens (primary N) is 1. The molecule has 2 aromatic carbocycles. The van der Waals surface area contributed by atoms with Crippen LogP contribution in [0, 0.1) is 23.1 Å². The molecule has 38 heavy (non-hydrogen) atoms. The second kappa shape index (κ2) is 12.6. The first-order valence-corrected chi connectivity index (χ1v) is 13.3. The van der Waals surface area contributed by atoms with Crippen molar-refractivity contribution in [3.63, 3.8) is 0 Å². The van der Waals surface area contributed by atoms with Crippen LogP contribution in [0.1, 0.15) is 36.8 Å². The molecule has 1 aliphatic carbocycles. The summed E-state index contributed by atoms with van der Waals surface area (Å²) >= 11 is -2.47. The van der Waals surface area contributed by atoms with Crippen molar-refractivity contribution in [3.05, 3.63) is 71.7 Å².